The molecule has 69 nitrogen and oxygen atoms in total. The van der Waals surface area contributed by atoms with Crippen LogP contribution in [0.1, 0.15) is 122 Å². The van der Waals surface area contributed by atoms with E-state index in [1.807, 2.05) is 16.8 Å². The highest BCUT2D eigenvalue weighted by Gasteiger charge is 2.57. The molecule has 18 rings (SSSR count). The summed E-state index contributed by atoms with van der Waals surface area (Å²) in [6.07, 6.45) is 8.22. The summed E-state index contributed by atoms with van der Waals surface area (Å²) < 4.78 is 213. The van der Waals surface area contributed by atoms with Crippen molar-refractivity contribution in [1.82, 2.24) is 113 Å². The van der Waals surface area contributed by atoms with Crippen molar-refractivity contribution in [2.24, 2.45) is 5.73 Å². The molecule has 0 aromatic carbocycles. The van der Waals surface area contributed by atoms with Crippen molar-refractivity contribution >= 4 is 164 Å². The van der Waals surface area contributed by atoms with E-state index in [1.54, 1.807) is 23.6 Å². The monoisotopic (exact) mass is 2240 g/mol. The predicted molar refractivity (Wildman–Crippen MR) is 478 cm³/mol. The van der Waals surface area contributed by atoms with Crippen molar-refractivity contribution < 1.29 is 200 Å². The molecular weight excluding hydrogens is 2130 g/mol. The topological polar surface area (TPSA) is 875 Å². The summed E-state index contributed by atoms with van der Waals surface area (Å²) in [6, 6.07) is -13.3. The zero-order valence-corrected chi connectivity index (χ0v) is 83.9. The second kappa shape index (κ2) is 48.1. The van der Waals surface area contributed by atoms with Crippen molar-refractivity contribution in [2.75, 3.05) is 117 Å². The van der Waals surface area contributed by atoms with Gasteiger partial charge in [-0.05, 0) is 122 Å². The highest BCUT2D eigenvalue weighted by Crippen LogP contribution is 2.38. The quantitative estimate of drug-likeness (QED) is 0.0129. The number of carbonyl (C=O) groups excluding carboxylic acids is 13. The van der Waals surface area contributed by atoms with Crippen LogP contribution >= 0.6 is 11.8 Å². The Labute approximate surface area is 842 Å². The van der Waals surface area contributed by atoms with Gasteiger partial charge in [-0.3, -0.25) is 101 Å². The van der Waals surface area contributed by atoms with Crippen LogP contribution in [0, 0.1) is 10.8 Å². The van der Waals surface area contributed by atoms with Crippen LogP contribution in [-0.2, 0) is 155 Å². The number of hydrogen-bond acceptors (Lipinski definition) is 43. The van der Waals surface area contributed by atoms with E-state index in [0.717, 1.165) is 29.2 Å². The van der Waals surface area contributed by atoms with Gasteiger partial charge in [0.2, 0.25) is 5.91 Å². The molecule has 0 aromatic rings. The zero-order chi connectivity index (χ0) is 107. The molecule has 0 aromatic heterocycles. The summed E-state index contributed by atoms with van der Waals surface area (Å²) in [4.78, 5) is 203. The van der Waals surface area contributed by atoms with Gasteiger partial charge < -0.3 is 59.9 Å². The number of ether oxygens (including phenoxy) is 1. The first-order chi connectivity index (χ1) is 69.0. The molecule has 147 heavy (non-hydrogen) atoms. The molecule has 18 atom stereocenters. The maximum atomic E-state index is 12.4. The van der Waals surface area contributed by atoms with Crippen LogP contribution in [0.15, 0.2) is 0 Å². The van der Waals surface area contributed by atoms with Crippen LogP contribution in [0.3, 0.4) is 0 Å². The number of likely N-dealkylation sites (N-methyl/N-ethyl adjacent to an activating group) is 1. The summed E-state index contributed by atoms with van der Waals surface area (Å²) in [5, 5.41) is 21.1. The lowest BCUT2D eigenvalue weighted by Gasteiger charge is -2.36. The molecule has 828 valence electrons. The Morgan fingerprint density at radius 2 is 0.680 bits per heavy atom. The second-order valence-corrected chi connectivity index (χ2v) is 43.6. The first-order valence-electron chi connectivity index (χ1n) is 45.8. The number of likely N-dealkylation sites (tertiary alicyclic amines) is 3. The second-order valence-electron chi connectivity index (χ2n) is 36.4. The Balaban J connectivity index is 0.000000147. The number of amidine groups is 1. The molecule has 0 radical (unpaired) electrons. The lowest BCUT2D eigenvalue weighted by atomic mass is 10.0. The largest absolute Gasteiger partial charge is 0.418 e. The number of nitrogens with one attached hydrogen (secondary N) is 9. The van der Waals surface area contributed by atoms with E-state index in [1.165, 1.54) is 30.8 Å². The van der Waals surface area contributed by atoms with E-state index in [4.69, 9.17) is 77.6 Å². The Morgan fingerprint density at radius 1 is 0.388 bits per heavy atom. The van der Waals surface area contributed by atoms with Crippen LogP contribution in [-0.4, -0.2) is 474 Å². The molecular formula is C71H113N25O44S7. The van der Waals surface area contributed by atoms with Gasteiger partial charge in [-0.2, -0.15) is 92.6 Å². The predicted octanol–water partition coefficient (Wildman–Crippen LogP) is -7.81. The lowest BCUT2D eigenvalue weighted by Crippen LogP contribution is -2.55. The fraction of sp³-hybridized carbons (Fsp3) is 0.789. The van der Waals surface area contributed by atoms with Crippen LogP contribution in [0.5, 0.6) is 0 Å². The average molecular weight is 2250 g/mol. The number of nitrogens with two attached hydrogens (primary N) is 1. The fourth-order valence-electron chi connectivity index (χ4n) is 19.1. The van der Waals surface area contributed by atoms with Gasteiger partial charge in [0, 0.05) is 110 Å². The molecule has 12 bridgehead atoms. The number of hydroxylamine groups is 18. The van der Waals surface area contributed by atoms with Crippen LogP contribution in [0.25, 0.3) is 0 Å². The molecule has 6 unspecified atom stereocenters. The van der Waals surface area contributed by atoms with Crippen molar-refractivity contribution in [3.8, 4) is 0 Å². The van der Waals surface area contributed by atoms with Crippen molar-refractivity contribution in [2.45, 2.75) is 238 Å². The van der Waals surface area contributed by atoms with Gasteiger partial charge >= 0.3 is 98.6 Å². The number of carbonyl (C=O) groups is 13. The fourth-order valence-corrected chi connectivity index (χ4v) is 22.5. The Kier molecular flexibility index (Phi) is 37.4. The number of primary amides is 1. The van der Waals surface area contributed by atoms with Crippen LogP contribution < -0.4 is 43.9 Å². The van der Waals surface area contributed by atoms with Crippen LogP contribution in [0.2, 0.25) is 0 Å². The van der Waals surface area contributed by atoms with Gasteiger partial charge in [0.25, 0.3) is 35.4 Å². The average Bonchev–Trinajstić information content (AvgIpc) is 1.65. The number of thioether (sulfide) groups is 1. The molecule has 0 spiro atoms. The minimum absolute atomic E-state index is 0.0438. The molecule has 17 N–H and O–H groups in total. The van der Waals surface area contributed by atoms with Crippen molar-refractivity contribution in [1.29, 1.82) is 10.8 Å². The first-order valence-corrected chi connectivity index (χ1v) is 55.1. The zero-order valence-electron chi connectivity index (χ0n) is 78.1. The molecule has 18 fully saturated rings. The number of hydrogen-bond donors (Lipinski definition) is 16. The molecule has 0 saturated carbocycles. The van der Waals surface area contributed by atoms with Gasteiger partial charge in [0.15, 0.2) is 0 Å². The first kappa shape index (κ1) is 114. The molecule has 19 amide bonds. The standard InChI is InChI=1S/C13H21N5O7S.C12H19N5O8S.C12H19N5O7S.C12H19N3O7S2.C11H18N4O7S.C11H17N3O8S/c1-8(14)16-5-4-10(7-16)24-15-12(19)11-3-2-9-6-17(11)13(20)18(9)25-26(21,22)23;13-10(18)8-3-7(4-14-8)24-15-11(19)9-2-1-6-5-16(9)12(20)17(6)25-26(21,22)23;13-7-15-4-3-9(6-15)23-14-11(18)10-2-1-8-5-16(10)12(19)17(8)24-25(20,21)22;16-11(13-21-9-2-1-5-23-7-9)10-4-3-8-6-14(10)12(17)15(8)22-24(18,19)20;1-13-5-8(6-13)21-12-10(16)9-3-2-7-4-14(9)11(17)15(7)22-23(18,19)20;15-10(12-21-8-3-4-20-6-8)9-2-1-7-5-13(9)11(16)14(7)22-23(17,18)19/h9-11,14H,2-7H2,1H3,(H,15,19)(H,21,22,23);6-9,14H,1-5H2,(H2,13,18)(H,15,19)(H,21,22,23);7-10,13H,1-6H2,(H,14,18)(H,20,21,22);8-10H,1-7H2,(H,13,16)(H,18,19,20);7-9H,2-6H2,1H3,(H,12,16)(H,18,19,20);7-9H,1-6H2,(H,12,15)(H,17,18,19)/t9-,10?,11+;6-,7?,8?,9+;2*8-,9?,10+;7-,9+;7-,8?,9+/m111111/s1. The molecule has 0 aliphatic carbocycles. The van der Waals surface area contributed by atoms with Crippen molar-refractivity contribution in [3.63, 3.8) is 0 Å². The van der Waals surface area contributed by atoms with Crippen molar-refractivity contribution in [3.05, 3.63) is 0 Å². The molecule has 18 saturated heterocycles. The summed E-state index contributed by atoms with van der Waals surface area (Å²) in [5.74, 6) is -1.15. The third-order valence-corrected chi connectivity index (χ3v) is 29.5. The summed E-state index contributed by atoms with van der Waals surface area (Å²) in [6.45, 7) is 7.52. The number of piperidine rings is 6. The van der Waals surface area contributed by atoms with Gasteiger partial charge in [-0.1, -0.05) is 0 Å². The maximum absolute atomic E-state index is 12.4. The molecule has 76 heteroatoms. The lowest BCUT2D eigenvalue weighted by molar-refractivity contribution is -0.152. The Morgan fingerprint density at radius 3 is 0.932 bits per heavy atom. The van der Waals surface area contributed by atoms with Crippen LogP contribution in [0.4, 0.5) is 28.8 Å². The minimum atomic E-state index is -4.84. The summed E-state index contributed by atoms with van der Waals surface area (Å²) in [5.41, 5.74) is 19.2. The summed E-state index contributed by atoms with van der Waals surface area (Å²) >= 11 is 1.76. The number of fused-ring (bicyclic) bond motifs is 12. The third-order valence-electron chi connectivity index (χ3n) is 26.2. The van der Waals surface area contributed by atoms with Gasteiger partial charge in [-0.25, -0.2) is 61.6 Å². The normalized spacial score (nSPS) is 29.9. The van der Waals surface area contributed by atoms with E-state index < -0.39 is 225 Å². The molecule has 18 aliphatic heterocycles. The molecule has 18 heterocycles. The highest BCUT2D eigenvalue weighted by molar-refractivity contribution is 7.99. The van der Waals surface area contributed by atoms with E-state index >= 15 is 0 Å². The molecule has 18 aliphatic rings. The Hall–Kier alpha value is -9.94. The van der Waals surface area contributed by atoms with E-state index in [-0.39, 0.29) is 76.2 Å². The maximum Gasteiger partial charge on any atom is 0.418 e. The van der Waals surface area contributed by atoms with Gasteiger partial charge in [-0.15, -0.1) is 25.7 Å². The van der Waals surface area contributed by atoms with E-state index in [9.17, 15) is 113 Å². The minimum Gasteiger partial charge on any atom is -0.379 e. The highest BCUT2D eigenvalue weighted by atomic mass is 32.3. The smallest absolute Gasteiger partial charge is 0.379 e. The number of rotatable bonds is 32. The van der Waals surface area contributed by atoms with Gasteiger partial charge in [0.1, 0.15) is 60.7 Å². The number of urea groups is 6. The summed E-state index contributed by atoms with van der Waals surface area (Å²) in [7, 11) is -26.9. The third kappa shape index (κ3) is 30.3. The SMILES string of the molecule is CC(=N)N1CCC(ONC(=O)[C@@H]2CC[C@@H]3CN2C(=O)N3OS(=O)(=O)O)C1.CN1CC(ONC(=O)[C@@H]2CC[C@@H]3CN2C(=O)N3OS(=O)(=O)O)C1.N=CN1CCC(ONC(=O)[C@@H]2CC[C@@H]3CN2C(=O)N3OS(=O)(=O)O)C1.NC(=O)C1CC(ONC(=O)[C@@H]2CC[C@@H]3CN2C(=O)N3OS(=O)(=O)O)CN1.O=C(NOC1CCCSC1)[C@@H]1CC[C@@H]2CN1C(=O)N2OS(=O)(=O)O.O=C(NOC1CCOC1)[C@@H]1CC[C@@H]2CN1C(=O)N2OS(=O)(=O)O. The number of amides is 19. The van der Waals surface area contributed by atoms with Gasteiger partial charge in [0.05, 0.1) is 73.3 Å². The van der Waals surface area contributed by atoms with E-state index in [2.05, 4.69) is 63.9 Å². The number of nitrogens with zero attached hydrogens (tertiary/aromatic N) is 15. The Bertz CT molecular complexity index is 5510. The van der Waals surface area contributed by atoms with E-state index in [0.29, 0.717) is 192 Å².